The second-order valence-electron chi connectivity index (χ2n) is 6.15. The molecular formula is C14H27N6+. The Balaban J connectivity index is 1.45. The third-order valence-corrected chi connectivity index (χ3v) is 4.52. The first-order valence-electron chi connectivity index (χ1n) is 7.86. The Morgan fingerprint density at radius 2 is 2.35 bits per heavy atom. The summed E-state index contributed by atoms with van der Waals surface area (Å²) < 4.78 is 2.23. The van der Waals surface area contributed by atoms with Crippen LogP contribution in [0.5, 0.6) is 0 Å². The highest BCUT2D eigenvalue weighted by atomic mass is 15.6. The molecule has 0 radical (unpaired) electrons. The largest absolute Gasteiger partial charge is 0.320 e. The van der Waals surface area contributed by atoms with Gasteiger partial charge in [0.2, 0.25) is 6.34 Å². The van der Waals surface area contributed by atoms with E-state index in [9.17, 15) is 0 Å². The molecule has 2 fully saturated rings. The number of hydrazine groups is 1. The number of aliphatic imine (C=N–C) groups is 1. The fourth-order valence-corrected chi connectivity index (χ4v) is 3.34. The van der Waals surface area contributed by atoms with Gasteiger partial charge in [0.1, 0.15) is 18.9 Å². The van der Waals surface area contributed by atoms with Crippen molar-refractivity contribution in [3.05, 3.63) is 0 Å². The first-order valence-corrected chi connectivity index (χ1v) is 7.86. The van der Waals surface area contributed by atoms with E-state index in [1.165, 1.54) is 19.3 Å². The predicted molar refractivity (Wildman–Crippen MR) is 81.1 cm³/mol. The smallest absolute Gasteiger partial charge is 0.234 e. The molecule has 0 aromatic rings. The molecule has 0 aromatic heterocycles. The zero-order chi connectivity index (χ0) is 13.9. The molecule has 20 heavy (non-hydrogen) atoms. The molecule has 3 heterocycles. The number of hydrogen-bond donors (Lipinski definition) is 2. The molecule has 6 nitrogen and oxygen atoms in total. The molecule has 0 amide bonds. The van der Waals surface area contributed by atoms with E-state index in [0.717, 1.165) is 45.0 Å². The second kappa shape index (κ2) is 6.10. The van der Waals surface area contributed by atoms with E-state index in [4.69, 9.17) is 10.7 Å². The van der Waals surface area contributed by atoms with Crippen molar-refractivity contribution in [2.75, 3.05) is 39.8 Å². The summed E-state index contributed by atoms with van der Waals surface area (Å²) in [5, 5.41) is 2.29. The molecule has 2 saturated heterocycles. The predicted octanol–water partition coefficient (Wildman–Crippen LogP) is -0.539. The van der Waals surface area contributed by atoms with E-state index in [2.05, 4.69) is 33.3 Å². The van der Waals surface area contributed by atoms with Crippen LogP contribution in [0.15, 0.2) is 4.99 Å². The van der Waals surface area contributed by atoms with Crippen LogP contribution in [-0.2, 0) is 0 Å². The highest BCUT2D eigenvalue weighted by Crippen LogP contribution is 2.21. The van der Waals surface area contributed by atoms with E-state index < -0.39 is 0 Å². The molecule has 0 bridgehead atoms. The minimum atomic E-state index is 0.0831. The third kappa shape index (κ3) is 2.96. The second-order valence-corrected chi connectivity index (χ2v) is 6.15. The van der Waals surface area contributed by atoms with Crippen LogP contribution >= 0.6 is 0 Å². The maximum absolute atomic E-state index is 6.30. The Kier molecular flexibility index (Phi) is 4.21. The molecule has 6 heteroatoms. The number of rotatable bonds is 4. The van der Waals surface area contributed by atoms with Crippen molar-refractivity contribution in [1.29, 1.82) is 0 Å². The van der Waals surface area contributed by atoms with Gasteiger partial charge in [0.15, 0.2) is 0 Å². The highest BCUT2D eigenvalue weighted by Gasteiger charge is 2.37. The number of amidine groups is 1. The van der Waals surface area contributed by atoms with Gasteiger partial charge in [-0.2, -0.15) is 0 Å². The third-order valence-electron chi connectivity index (χ3n) is 4.52. The summed E-state index contributed by atoms with van der Waals surface area (Å²) in [6.07, 6.45) is 7.05. The fraction of sp³-hybridized carbons (Fsp3) is 0.857. The molecule has 112 valence electrons. The minimum Gasteiger partial charge on any atom is -0.320 e. The van der Waals surface area contributed by atoms with Gasteiger partial charge in [0, 0.05) is 19.5 Å². The Labute approximate surface area is 121 Å². The van der Waals surface area contributed by atoms with E-state index in [1.807, 2.05) is 0 Å². The summed E-state index contributed by atoms with van der Waals surface area (Å²) >= 11 is 0. The summed E-state index contributed by atoms with van der Waals surface area (Å²) in [5.74, 6) is 0.999. The average Bonchev–Trinajstić information content (AvgIpc) is 3.00. The van der Waals surface area contributed by atoms with Crippen LogP contribution in [0.1, 0.15) is 25.7 Å². The average molecular weight is 279 g/mol. The number of nitrogens with one attached hydrogen (secondary N) is 1. The standard InChI is InChI=1S/C14H27N6/c1-18-9-10-19(11-18)7-4-6-16-14-13(15)12-5-2-3-8-20(12)17-14/h11-13H,2-10,15H2,1H3,(H,16,17)/q+1. The molecule has 3 aliphatic rings. The summed E-state index contributed by atoms with van der Waals surface area (Å²) in [6.45, 7) is 5.33. The molecule has 0 aliphatic carbocycles. The maximum Gasteiger partial charge on any atom is 0.234 e. The van der Waals surface area contributed by atoms with Gasteiger partial charge in [-0.3, -0.25) is 14.5 Å². The van der Waals surface area contributed by atoms with Gasteiger partial charge in [-0.15, -0.1) is 0 Å². The molecule has 3 rings (SSSR count). The molecule has 2 unspecified atom stereocenters. The normalized spacial score (nSPS) is 32.4. The summed E-state index contributed by atoms with van der Waals surface area (Å²) in [4.78, 5) is 7.06. The van der Waals surface area contributed by atoms with E-state index in [1.54, 1.807) is 0 Å². The molecule has 3 N–H and O–H groups in total. The van der Waals surface area contributed by atoms with Gasteiger partial charge in [-0.1, -0.05) is 6.42 Å². The van der Waals surface area contributed by atoms with Crippen molar-refractivity contribution < 1.29 is 4.58 Å². The van der Waals surface area contributed by atoms with Crippen LogP contribution < -0.4 is 11.2 Å². The summed E-state index contributed by atoms with van der Waals surface area (Å²) in [7, 11) is 2.12. The Morgan fingerprint density at radius 1 is 1.45 bits per heavy atom. The lowest BCUT2D eigenvalue weighted by atomic mass is 9.99. The number of piperidine rings is 1. The summed E-state index contributed by atoms with van der Waals surface area (Å²) in [5.41, 5.74) is 9.70. The van der Waals surface area contributed by atoms with Crippen molar-refractivity contribution in [1.82, 2.24) is 15.3 Å². The fourth-order valence-electron chi connectivity index (χ4n) is 3.34. The maximum atomic E-state index is 6.30. The zero-order valence-corrected chi connectivity index (χ0v) is 12.5. The van der Waals surface area contributed by atoms with E-state index in [-0.39, 0.29) is 6.04 Å². The van der Waals surface area contributed by atoms with Crippen LogP contribution in [0.3, 0.4) is 0 Å². The number of hydrogen-bond acceptors (Lipinski definition) is 4. The van der Waals surface area contributed by atoms with Gasteiger partial charge >= 0.3 is 0 Å². The van der Waals surface area contributed by atoms with Crippen molar-refractivity contribution in [3.8, 4) is 0 Å². The monoisotopic (exact) mass is 279 g/mol. The first-order chi connectivity index (χ1) is 9.74. The lowest BCUT2D eigenvalue weighted by Crippen LogP contribution is -2.44. The van der Waals surface area contributed by atoms with Crippen molar-refractivity contribution in [3.63, 3.8) is 0 Å². The molecule has 0 aromatic carbocycles. The number of fused-ring (bicyclic) bond motifs is 1. The van der Waals surface area contributed by atoms with Crippen LogP contribution in [0, 0.1) is 0 Å². The molecule has 0 spiro atoms. The summed E-state index contributed by atoms with van der Waals surface area (Å²) in [6, 6.07) is 0.544. The van der Waals surface area contributed by atoms with Crippen molar-refractivity contribution >= 4 is 12.2 Å². The molecule has 0 saturated carbocycles. The van der Waals surface area contributed by atoms with Crippen LogP contribution in [0.25, 0.3) is 0 Å². The minimum absolute atomic E-state index is 0.0831. The van der Waals surface area contributed by atoms with Crippen molar-refractivity contribution in [2.24, 2.45) is 10.7 Å². The highest BCUT2D eigenvalue weighted by molar-refractivity contribution is 5.89. The quantitative estimate of drug-likeness (QED) is 0.536. The van der Waals surface area contributed by atoms with Gasteiger partial charge in [-0.05, 0) is 12.8 Å². The van der Waals surface area contributed by atoms with Gasteiger partial charge in [0.05, 0.1) is 25.7 Å². The van der Waals surface area contributed by atoms with Crippen LogP contribution in [-0.4, -0.2) is 78.5 Å². The van der Waals surface area contributed by atoms with E-state index >= 15 is 0 Å². The Morgan fingerprint density at radius 3 is 3.10 bits per heavy atom. The lowest BCUT2D eigenvalue weighted by molar-refractivity contribution is -0.482. The van der Waals surface area contributed by atoms with Gasteiger partial charge in [0.25, 0.3) is 0 Å². The van der Waals surface area contributed by atoms with Crippen LogP contribution in [0.2, 0.25) is 0 Å². The number of likely N-dealkylation sites (N-methyl/N-ethyl adjacent to an activating group) is 1. The van der Waals surface area contributed by atoms with Gasteiger partial charge < -0.3 is 11.2 Å². The Hall–Kier alpha value is -1.14. The Bertz CT molecular complexity index is 404. The number of nitrogens with two attached hydrogens (primary N) is 1. The molecule has 3 aliphatic heterocycles. The molecular weight excluding hydrogens is 252 g/mol. The van der Waals surface area contributed by atoms with Crippen molar-refractivity contribution in [2.45, 2.75) is 37.8 Å². The zero-order valence-electron chi connectivity index (χ0n) is 12.5. The number of nitrogens with zero attached hydrogens (tertiary/aromatic N) is 4. The molecule has 2 atom stereocenters. The topological polar surface area (TPSA) is 59.9 Å². The SMILES string of the molecule is C[N+]1=CN(CCCN=C2NN3CCCCC3C2N)CC1. The van der Waals surface area contributed by atoms with E-state index in [0.29, 0.717) is 6.04 Å². The van der Waals surface area contributed by atoms with Crippen LogP contribution in [0.4, 0.5) is 0 Å². The van der Waals surface area contributed by atoms with Gasteiger partial charge in [-0.25, -0.2) is 5.01 Å². The first kappa shape index (κ1) is 13.8. The lowest BCUT2D eigenvalue weighted by Gasteiger charge is -2.29.